The lowest BCUT2D eigenvalue weighted by Gasteiger charge is -2.10. The van der Waals surface area contributed by atoms with Gasteiger partial charge in [-0.05, 0) is 36.1 Å². The minimum atomic E-state index is 0.749. The molecule has 0 aliphatic heterocycles. The van der Waals surface area contributed by atoms with Crippen LogP contribution in [0.25, 0.3) is 5.57 Å². The molecule has 0 amide bonds. The smallest absolute Gasteiger partial charge is 0.0412 e. The molecule has 0 bridgehead atoms. The summed E-state index contributed by atoms with van der Waals surface area (Å²) in [6, 6.07) is 7.78. The zero-order chi connectivity index (χ0) is 9.97. The first-order chi connectivity index (χ1) is 6.77. The van der Waals surface area contributed by atoms with Crippen molar-refractivity contribution in [2.75, 3.05) is 0 Å². The van der Waals surface area contributed by atoms with Crippen LogP contribution in [0.5, 0.6) is 0 Å². The van der Waals surface area contributed by atoms with Crippen molar-refractivity contribution in [3.8, 4) is 0 Å². The highest BCUT2D eigenvalue weighted by molar-refractivity contribution is 6.33. The minimum absolute atomic E-state index is 0.749. The third kappa shape index (κ3) is 2.02. The normalized spacial score (nSPS) is 16.1. The fourth-order valence-electron chi connectivity index (χ4n) is 1.55. The van der Waals surface area contributed by atoms with Crippen molar-refractivity contribution in [2.24, 2.45) is 0 Å². The zero-order valence-corrected chi connectivity index (χ0v) is 9.15. The van der Waals surface area contributed by atoms with Crippen molar-refractivity contribution in [2.45, 2.75) is 12.8 Å². The van der Waals surface area contributed by atoms with Crippen molar-refractivity contribution in [1.29, 1.82) is 0 Å². The van der Waals surface area contributed by atoms with Crippen LogP contribution in [0.2, 0.25) is 5.02 Å². The fraction of sp³-hybridized carbons (Fsp3) is 0.167. The van der Waals surface area contributed by atoms with Crippen molar-refractivity contribution in [3.05, 3.63) is 52.0 Å². The molecule has 0 heterocycles. The van der Waals surface area contributed by atoms with Gasteiger partial charge in [0.2, 0.25) is 0 Å². The molecule has 1 aromatic carbocycles. The van der Waals surface area contributed by atoms with E-state index < -0.39 is 0 Å². The number of benzene rings is 1. The number of allylic oxidation sites excluding steroid dienone is 4. The van der Waals surface area contributed by atoms with Gasteiger partial charge in [0.05, 0.1) is 0 Å². The molecular weight excluding hydrogens is 215 g/mol. The van der Waals surface area contributed by atoms with Gasteiger partial charge < -0.3 is 0 Å². The summed E-state index contributed by atoms with van der Waals surface area (Å²) in [5.41, 5.74) is 2.19. The largest absolute Gasteiger partial charge is 0.0885 e. The Morgan fingerprint density at radius 3 is 2.71 bits per heavy atom. The molecule has 14 heavy (non-hydrogen) atoms. The summed E-state index contributed by atoms with van der Waals surface area (Å²) >= 11 is 12.1. The van der Waals surface area contributed by atoms with Crippen molar-refractivity contribution >= 4 is 28.8 Å². The van der Waals surface area contributed by atoms with Gasteiger partial charge in [-0.25, -0.2) is 0 Å². The molecule has 0 radical (unpaired) electrons. The van der Waals surface area contributed by atoms with Gasteiger partial charge in [-0.2, -0.15) is 0 Å². The zero-order valence-electron chi connectivity index (χ0n) is 7.63. The van der Waals surface area contributed by atoms with Crippen molar-refractivity contribution in [3.63, 3.8) is 0 Å². The van der Waals surface area contributed by atoms with Crippen LogP contribution in [-0.2, 0) is 0 Å². The van der Waals surface area contributed by atoms with E-state index in [4.69, 9.17) is 23.2 Å². The van der Waals surface area contributed by atoms with Crippen LogP contribution in [-0.4, -0.2) is 0 Å². The molecule has 0 saturated carbocycles. The highest BCUT2D eigenvalue weighted by Crippen LogP contribution is 2.30. The second kappa shape index (κ2) is 4.20. The quantitative estimate of drug-likeness (QED) is 0.653. The van der Waals surface area contributed by atoms with E-state index in [2.05, 4.69) is 12.2 Å². The van der Waals surface area contributed by atoms with E-state index in [-0.39, 0.29) is 0 Å². The van der Waals surface area contributed by atoms with Crippen LogP contribution >= 0.6 is 23.2 Å². The van der Waals surface area contributed by atoms with Gasteiger partial charge >= 0.3 is 0 Å². The third-order valence-electron chi connectivity index (χ3n) is 2.24. The summed E-state index contributed by atoms with van der Waals surface area (Å²) in [6.07, 6.45) is 6.17. The number of rotatable bonds is 1. The van der Waals surface area contributed by atoms with Crippen LogP contribution in [0.1, 0.15) is 18.4 Å². The van der Waals surface area contributed by atoms with Gasteiger partial charge in [-0.3, -0.25) is 0 Å². The first kappa shape index (κ1) is 9.82. The Balaban J connectivity index is 2.44. The monoisotopic (exact) mass is 224 g/mol. The standard InChI is InChI=1S/C12H10Cl2/c13-10-5-3-4-9(8-10)11-6-1-2-7-12(11)14/h1,3-6,8H,2,7H2. The van der Waals surface area contributed by atoms with Gasteiger partial charge in [0.15, 0.2) is 0 Å². The molecule has 1 aromatic rings. The Morgan fingerprint density at radius 1 is 1.14 bits per heavy atom. The van der Waals surface area contributed by atoms with E-state index in [1.54, 1.807) is 0 Å². The van der Waals surface area contributed by atoms with Crippen LogP contribution < -0.4 is 0 Å². The highest BCUT2D eigenvalue weighted by atomic mass is 35.5. The molecule has 0 fully saturated rings. The summed E-state index contributed by atoms with van der Waals surface area (Å²) in [5.74, 6) is 0. The minimum Gasteiger partial charge on any atom is -0.0885 e. The topological polar surface area (TPSA) is 0 Å². The van der Waals surface area contributed by atoms with Crippen molar-refractivity contribution in [1.82, 2.24) is 0 Å². The van der Waals surface area contributed by atoms with E-state index in [1.807, 2.05) is 24.3 Å². The maximum Gasteiger partial charge on any atom is 0.0412 e. The van der Waals surface area contributed by atoms with E-state index >= 15 is 0 Å². The molecule has 72 valence electrons. The second-order valence-corrected chi connectivity index (χ2v) is 4.16. The Kier molecular flexibility index (Phi) is 2.95. The predicted octanol–water partition coefficient (Wildman–Crippen LogP) is 4.64. The maximum absolute atomic E-state index is 6.15. The molecular formula is C12H10Cl2. The van der Waals surface area contributed by atoms with Crippen LogP contribution in [0.4, 0.5) is 0 Å². The summed E-state index contributed by atoms with van der Waals surface area (Å²) in [5, 5.41) is 1.67. The lowest BCUT2D eigenvalue weighted by atomic mass is 9.99. The van der Waals surface area contributed by atoms with Crippen LogP contribution in [0, 0.1) is 0 Å². The first-order valence-corrected chi connectivity index (χ1v) is 5.34. The average Bonchev–Trinajstić information content (AvgIpc) is 2.18. The third-order valence-corrected chi connectivity index (χ3v) is 2.87. The summed E-state index contributed by atoms with van der Waals surface area (Å²) in [4.78, 5) is 0. The van der Waals surface area contributed by atoms with Gasteiger partial charge in [0.1, 0.15) is 0 Å². The Labute approximate surface area is 93.8 Å². The average molecular weight is 225 g/mol. The van der Waals surface area contributed by atoms with Crippen molar-refractivity contribution < 1.29 is 0 Å². The van der Waals surface area contributed by atoms with Gasteiger partial charge in [0, 0.05) is 10.1 Å². The number of hydrogen-bond donors (Lipinski definition) is 0. The molecule has 1 aliphatic rings. The molecule has 0 spiro atoms. The molecule has 0 N–H and O–H groups in total. The van der Waals surface area contributed by atoms with E-state index in [9.17, 15) is 0 Å². The van der Waals surface area contributed by atoms with Crippen LogP contribution in [0.15, 0.2) is 41.4 Å². The first-order valence-electron chi connectivity index (χ1n) is 4.58. The van der Waals surface area contributed by atoms with E-state index in [0.29, 0.717) is 0 Å². The summed E-state index contributed by atoms with van der Waals surface area (Å²) < 4.78 is 0. The molecule has 0 aromatic heterocycles. The molecule has 0 atom stereocenters. The van der Waals surface area contributed by atoms with Crippen LogP contribution in [0.3, 0.4) is 0 Å². The van der Waals surface area contributed by atoms with E-state index in [0.717, 1.165) is 34.0 Å². The molecule has 0 unspecified atom stereocenters. The Morgan fingerprint density at radius 2 is 2.00 bits per heavy atom. The molecule has 0 saturated heterocycles. The highest BCUT2D eigenvalue weighted by Gasteiger charge is 2.08. The van der Waals surface area contributed by atoms with Gasteiger partial charge in [-0.15, -0.1) is 0 Å². The van der Waals surface area contributed by atoms with Gasteiger partial charge in [-0.1, -0.05) is 47.5 Å². The molecule has 2 rings (SSSR count). The predicted molar refractivity (Wildman–Crippen MR) is 62.6 cm³/mol. The second-order valence-electron chi connectivity index (χ2n) is 3.27. The van der Waals surface area contributed by atoms with Gasteiger partial charge in [0.25, 0.3) is 0 Å². The molecule has 1 aliphatic carbocycles. The molecule has 0 nitrogen and oxygen atoms in total. The lowest BCUT2D eigenvalue weighted by Crippen LogP contribution is -1.89. The SMILES string of the molecule is ClC1=C(c2cccc(Cl)c2)C=CCC1. The molecule has 2 heteroatoms. The summed E-state index contributed by atoms with van der Waals surface area (Å²) in [6.45, 7) is 0. The summed E-state index contributed by atoms with van der Waals surface area (Å²) in [7, 11) is 0. The maximum atomic E-state index is 6.15. The number of hydrogen-bond acceptors (Lipinski definition) is 0. The number of halogens is 2. The Hall–Kier alpha value is -0.720. The Bertz CT molecular complexity index is 403. The fourth-order valence-corrected chi connectivity index (χ4v) is 2.02. The lowest BCUT2D eigenvalue weighted by molar-refractivity contribution is 1.02. The van der Waals surface area contributed by atoms with E-state index in [1.165, 1.54) is 0 Å².